The Kier molecular flexibility index (Phi) is 21.4. The summed E-state index contributed by atoms with van der Waals surface area (Å²) in [7, 11) is 0. The third-order valence-electron chi connectivity index (χ3n) is 25.0. The van der Waals surface area contributed by atoms with Crippen molar-refractivity contribution in [2.24, 2.45) is 50.2 Å². The second-order valence-corrected chi connectivity index (χ2v) is 30.8. The second kappa shape index (κ2) is 27.5. The van der Waals surface area contributed by atoms with Crippen molar-refractivity contribution in [2.75, 3.05) is 33.0 Å². The lowest BCUT2D eigenvalue weighted by atomic mass is 9.33. The van der Waals surface area contributed by atoms with Gasteiger partial charge < -0.3 is 144 Å². The third kappa shape index (κ3) is 12.4. The molecule has 30 nitrogen and oxygen atoms in total. The molecule has 94 heavy (non-hydrogen) atoms. The van der Waals surface area contributed by atoms with Crippen molar-refractivity contribution in [1.82, 2.24) is 0 Å². The molecule has 0 aromatic rings. The first-order valence-corrected chi connectivity index (χ1v) is 33.5. The molecule has 11 aliphatic rings. The SMILES string of the molecule is C[C@@H]1O[C@@H](O[C@H]2CO[C@@H](O[C@H]3CC[C@@]4(C)[C@@H](CC[C@]5(C)[C@@H]4CC=C4[C@@H]6CC(C)(C)CC[C@]6(C(=O)O)CC[C@]45C)[C@]3(C)CO)[C@H](O[C@@H]3O[C@@H](C)[C@H](O)[C@@H](O[C@@H]4O[C@H](CO)[C@@H](O[C@@H]5O[C@H](CO)[C@@H](O[C@@H]6OC[C@@H](O)[C@H](O)[C@H]6O)[C@H](O)[C@H]5O)[C@H](O)[C@H]4O)[C@H]3O)[C@H]2O)[C@H](O)[C@H](O)[C@H]1O. The smallest absolute Gasteiger partial charge is 0.310 e. The topological polar surface area (TPSA) is 472 Å². The quantitative estimate of drug-likeness (QED) is 0.0526. The Hall–Kier alpha value is -1.91. The average Bonchev–Trinajstić information content (AvgIpc) is 0.676. The second-order valence-electron chi connectivity index (χ2n) is 30.8. The van der Waals surface area contributed by atoms with Gasteiger partial charge in [-0.25, -0.2) is 0 Å². The average molecular weight is 1350 g/mol. The van der Waals surface area contributed by atoms with Crippen LogP contribution in [-0.2, 0) is 61.6 Å². The number of carboxylic acids is 1. The molecule has 30 heteroatoms. The van der Waals surface area contributed by atoms with Gasteiger partial charge in [0.15, 0.2) is 37.7 Å². The Labute approximate surface area is 545 Å². The maximum atomic E-state index is 13.3. The predicted molar refractivity (Wildman–Crippen MR) is 315 cm³/mol. The molecule has 10 fully saturated rings. The highest BCUT2D eigenvalue weighted by Gasteiger charge is 2.71. The minimum Gasteiger partial charge on any atom is -0.481 e. The number of carboxylic acid groups (broad SMARTS) is 1. The molecule has 0 bridgehead atoms. The van der Waals surface area contributed by atoms with E-state index in [1.54, 1.807) is 0 Å². The highest BCUT2D eigenvalue weighted by Crippen LogP contribution is 2.76. The Morgan fingerprint density at radius 1 is 0.500 bits per heavy atom. The van der Waals surface area contributed by atoms with Crippen LogP contribution in [0.4, 0.5) is 0 Å². The van der Waals surface area contributed by atoms with E-state index in [0.29, 0.717) is 32.1 Å². The first-order chi connectivity index (χ1) is 44.1. The lowest BCUT2D eigenvalue weighted by Crippen LogP contribution is -2.68. The maximum Gasteiger partial charge on any atom is 0.310 e. The van der Waals surface area contributed by atoms with Crippen molar-refractivity contribution in [3.05, 3.63) is 11.6 Å². The summed E-state index contributed by atoms with van der Waals surface area (Å²) < 4.78 is 72.1. The number of aliphatic carboxylic acids is 1. The lowest BCUT2D eigenvalue weighted by molar-refractivity contribution is -0.397. The van der Waals surface area contributed by atoms with Crippen LogP contribution in [0.25, 0.3) is 0 Å². The van der Waals surface area contributed by atoms with Gasteiger partial charge in [0.2, 0.25) is 0 Å². The van der Waals surface area contributed by atoms with Gasteiger partial charge in [-0.2, -0.15) is 0 Å². The summed E-state index contributed by atoms with van der Waals surface area (Å²) in [6.45, 7) is 13.3. The Morgan fingerprint density at radius 3 is 1.64 bits per heavy atom. The fourth-order valence-electron chi connectivity index (χ4n) is 18.9. The van der Waals surface area contributed by atoms with E-state index < -0.39 is 221 Å². The van der Waals surface area contributed by atoms with E-state index in [1.807, 2.05) is 6.92 Å². The molecule has 540 valence electrons. The molecule has 4 saturated carbocycles. The van der Waals surface area contributed by atoms with Gasteiger partial charge in [-0.1, -0.05) is 53.2 Å². The van der Waals surface area contributed by atoms with Crippen molar-refractivity contribution in [1.29, 1.82) is 0 Å². The zero-order chi connectivity index (χ0) is 68.4. The summed E-state index contributed by atoms with van der Waals surface area (Å²) in [5.41, 5.74) is -1.32. The molecule has 0 amide bonds. The number of ether oxygens (including phenoxy) is 12. The number of hydrogen-bond acceptors (Lipinski definition) is 29. The fraction of sp³-hybridized carbons (Fsp3) is 0.953. The Bertz CT molecular complexity index is 2640. The third-order valence-corrected chi connectivity index (χ3v) is 25.0. The monoisotopic (exact) mass is 1350 g/mol. The minimum atomic E-state index is -2.14. The first-order valence-electron chi connectivity index (χ1n) is 33.5. The van der Waals surface area contributed by atoms with E-state index in [4.69, 9.17) is 56.8 Å². The van der Waals surface area contributed by atoms with Gasteiger partial charge >= 0.3 is 5.97 Å². The summed E-state index contributed by atoms with van der Waals surface area (Å²) in [6.07, 6.45) is -39.8. The molecule has 0 aromatic carbocycles. The minimum absolute atomic E-state index is 0.0102. The number of rotatable bonds is 16. The number of carbonyl (C=O) groups is 1. The molecule has 37 atom stereocenters. The van der Waals surface area contributed by atoms with E-state index in [-0.39, 0.29) is 46.0 Å². The van der Waals surface area contributed by atoms with Crippen LogP contribution in [0.15, 0.2) is 11.6 Å². The standard InChI is InChI=1S/C64H104O30/c1-25-36(69)40(73)44(77)53(85-25)89-32-23-84-57(90-35-12-13-60(5)33(61(35,6)24-67)11-14-63(8)34(60)10-9-27-28-19-59(3,4)15-17-64(28,58(81)82)18-16-62(27,63)7)51(39(32)72)94-56-47(80)50(37(70)26(2)86-56)93-55-46(79)42(75)49(31(21-66)88-55)92-54-45(78)41(74)48(30(20-65)87-54)91-52-43(76)38(71)29(68)22-83-52/h9,25-26,28-57,65-80H,10-24H2,1-8H3,(H,81,82)/t25-,26-,28-,29+,30+,31+,32-,33+,34+,35-,36-,37-,38-,39-,40+,41+,42+,43+,44+,45+,46+,47+,48+,49+,50+,51+,52-,53-,54-,55-,56-,57-,60-,61-,62+,63+,64-/m0/s1. The van der Waals surface area contributed by atoms with Crippen molar-refractivity contribution in [3.8, 4) is 0 Å². The van der Waals surface area contributed by atoms with Crippen LogP contribution in [0.1, 0.15) is 120 Å². The van der Waals surface area contributed by atoms with Gasteiger partial charge in [-0.15, -0.1) is 0 Å². The van der Waals surface area contributed by atoms with Gasteiger partial charge in [0.1, 0.15) is 122 Å². The van der Waals surface area contributed by atoms with Crippen LogP contribution in [0.5, 0.6) is 0 Å². The van der Waals surface area contributed by atoms with Crippen molar-refractivity contribution in [2.45, 2.75) is 298 Å². The zero-order valence-corrected chi connectivity index (χ0v) is 54.6. The highest BCUT2D eigenvalue weighted by atomic mass is 16.8. The molecule has 0 unspecified atom stereocenters. The van der Waals surface area contributed by atoms with E-state index in [9.17, 15) is 91.6 Å². The Balaban J connectivity index is 0.807. The molecule has 5 aliphatic carbocycles. The van der Waals surface area contributed by atoms with E-state index in [2.05, 4.69) is 40.7 Å². The molecule has 6 heterocycles. The number of hydrogen-bond donors (Lipinski definition) is 17. The molecule has 17 N–H and O–H groups in total. The van der Waals surface area contributed by atoms with Crippen molar-refractivity contribution < 1.29 is 148 Å². The van der Waals surface area contributed by atoms with Crippen LogP contribution >= 0.6 is 0 Å². The van der Waals surface area contributed by atoms with Crippen LogP contribution in [0, 0.1) is 50.2 Å². The van der Waals surface area contributed by atoms with E-state index in [1.165, 1.54) is 19.4 Å². The number of aliphatic hydroxyl groups excluding tert-OH is 16. The molecule has 0 spiro atoms. The first kappa shape index (κ1) is 73.3. The van der Waals surface area contributed by atoms with E-state index >= 15 is 0 Å². The van der Waals surface area contributed by atoms with Gasteiger partial charge in [0.25, 0.3) is 0 Å². The number of allylic oxidation sites excluding steroid dienone is 2. The van der Waals surface area contributed by atoms with Crippen LogP contribution in [0.2, 0.25) is 0 Å². The van der Waals surface area contributed by atoms with Crippen LogP contribution in [0.3, 0.4) is 0 Å². The number of fused-ring (bicyclic) bond motifs is 7. The molecule has 11 rings (SSSR count). The fourth-order valence-corrected chi connectivity index (χ4v) is 18.9. The molecule has 0 aromatic heterocycles. The zero-order valence-electron chi connectivity index (χ0n) is 54.6. The summed E-state index contributed by atoms with van der Waals surface area (Å²) >= 11 is 0. The molecular formula is C64H104O30. The largest absolute Gasteiger partial charge is 0.481 e. The summed E-state index contributed by atoms with van der Waals surface area (Å²) in [5.74, 6) is -0.769. The lowest BCUT2D eigenvalue weighted by Gasteiger charge is -2.71. The highest BCUT2D eigenvalue weighted by molar-refractivity contribution is 5.76. The normalized spacial score (nSPS) is 55.3. The van der Waals surface area contributed by atoms with Crippen LogP contribution < -0.4 is 0 Å². The van der Waals surface area contributed by atoms with Gasteiger partial charge in [0.05, 0.1) is 56.8 Å². The summed E-state index contributed by atoms with van der Waals surface area (Å²) in [4.78, 5) is 13.3. The van der Waals surface area contributed by atoms with E-state index in [0.717, 1.165) is 32.1 Å². The summed E-state index contributed by atoms with van der Waals surface area (Å²) in [5, 5.41) is 188. The molecule has 6 saturated heterocycles. The van der Waals surface area contributed by atoms with Crippen molar-refractivity contribution >= 4 is 5.97 Å². The molecular weight excluding hydrogens is 1250 g/mol. The predicted octanol–water partition coefficient (Wildman–Crippen LogP) is -3.52. The van der Waals surface area contributed by atoms with Gasteiger partial charge in [0, 0.05) is 5.41 Å². The Morgan fingerprint density at radius 2 is 1.03 bits per heavy atom. The van der Waals surface area contributed by atoms with Gasteiger partial charge in [-0.05, 0) is 117 Å². The number of aliphatic hydroxyl groups is 16. The van der Waals surface area contributed by atoms with Crippen molar-refractivity contribution in [3.63, 3.8) is 0 Å². The molecule has 0 radical (unpaired) electrons. The van der Waals surface area contributed by atoms with Gasteiger partial charge in [-0.3, -0.25) is 4.79 Å². The maximum absolute atomic E-state index is 13.3. The van der Waals surface area contributed by atoms with Crippen LogP contribution in [-0.4, -0.2) is 304 Å². The molecule has 6 aliphatic heterocycles. The summed E-state index contributed by atoms with van der Waals surface area (Å²) in [6, 6.07) is 0.